The van der Waals surface area contributed by atoms with Gasteiger partial charge in [0.25, 0.3) is 0 Å². The number of hydrogen-bond donors (Lipinski definition) is 1. The Balaban J connectivity index is 2.22. The maximum Gasteiger partial charge on any atom is 0.135 e. The van der Waals surface area contributed by atoms with Crippen molar-refractivity contribution in [3.63, 3.8) is 0 Å². The van der Waals surface area contributed by atoms with E-state index in [4.69, 9.17) is 0 Å². The van der Waals surface area contributed by atoms with E-state index in [0.29, 0.717) is 0 Å². The molecule has 0 aliphatic carbocycles. The van der Waals surface area contributed by atoms with Crippen LogP contribution in [0.25, 0.3) is 0 Å². The minimum absolute atomic E-state index is 0.0228. The SMILES string of the molecule is Cc1cccc(Nc2cc(N(C)C(C)(C)C)ncn2)c1. The average molecular weight is 270 g/mol. The monoisotopic (exact) mass is 270 g/mol. The number of aryl methyl sites for hydroxylation is 1. The van der Waals surface area contributed by atoms with Crippen LogP contribution in [0.2, 0.25) is 0 Å². The number of nitrogens with one attached hydrogen (secondary N) is 1. The van der Waals surface area contributed by atoms with Crippen molar-refractivity contribution in [1.82, 2.24) is 9.97 Å². The number of hydrogen-bond acceptors (Lipinski definition) is 4. The summed E-state index contributed by atoms with van der Waals surface area (Å²) in [7, 11) is 2.04. The maximum atomic E-state index is 4.34. The zero-order valence-electron chi connectivity index (χ0n) is 12.8. The summed E-state index contributed by atoms with van der Waals surface area (Å²) >= 11 is 0. The number of nitrogens with zero attached hydrogens (tertiary/aromatic N) is 3. The Labute approximate surface area is 120 Å². The smallest absolute Gasteiger partial charge is 0.135 e. The van der Waals surface area contributed by atoms with Gasteiger partial charge in [-0.25, -0.2) is 9.97 Å². The van der Waals surface area contributed by atoms with E-state index in [1.165, 1.54) is 5.56 Å². The fourth-order valence-electron chi connectivity index (χ4n) is 1.81. The highest BCUT2D eigenvalue weighted by atomic mass is 15.2. The first-order valence-corrected chi connectivity index (χ1v) is 6.76. The summed E-state index contributed by atoms with van der Waals surface area (Å²) in [6.07, 6.45) is 1.59. The van der Waals surface area contributed by atoms with Gasteiger partial charge in [0.05, 0.1) is 0 Å². The molecule has 4 heteroatoms. The van der Waals surface area contributed by atoms with Crippen LogP contribution in [-0.2, 0) is 0 Å². The fraction of sp³-hybridized carbons (Fsp3) is 0.375. The quantitative estimate of drug-likeness (QED) is 0.922. The molecule has 0 bridgehead atoms. The second-order valence-corrected chi connectivity index (χ2v) is 5.99. The molecule has 2 rings (SSSR count). The van der Waals surface area contributed by atoms with Crippen molar-refractivity contribution in [2.75, 3.05) is 17.3 Å². The molecule has 0 radical (unpaired) electrons. The lowest BCUT2D eigenvalue weighted by Gasteiger charge is -2.33. The van der Waals surface area contributed by atoms with E-state index >= 15 is 0 Å². The molecule has 0 unspecified atom stereocenters. The van der Waals surface area contributed by atoms with Crippen molar-refractivity contribution in [3.05, 3.63) is 42.2 Å². The first-order chi connectivity index (χ1) is 9.36. The van der Waals surface area contributed by atoms with Crippen LogP contribution in [0.4, 0.5) is 17.3 Å². The van der Waals surface area contributed by atoms with Gasteiger partial charge in [-0.15, -0.1) is 0 Å². The predicted molar refractivity (Wildman–Crippen MR) is 84.6 cm³/mol. The Morgan fingerprint density at radius 3 is 2.50 bits per heavy atom. The van der Waals surface area contributed by atoms with E-state index in [0.717, 1.165) is 17.3 Å². The zero-order valence-corrected chi connectivity index (χ0v) is 12.8. The summed E-state index contributed by atoms with van der Waals surface area (Å²) in [4.78, 5) is 10.8. The van der Waals surface area contributed by atoms with E-state index in [1.54, 1.807) is 6.33 Å². The Morgan fingerprint density at radius 1 is 1.10 bits per heavy atom. The third kappa shape index (κ3) is 3.47. The van der Waals surface area contributed by atoms with Gasteiger partial charge in [-0.1, -0.05) is 12.1 Å². The molecule has 0 fully saturated rings. The first kappa shape index (κ1) is 14.3. The Kier molecular flexibility index (Phi) is 3.93. The summed E-state index contributed by atoms with van der Waals surface area (Å²) in [6.45, 7) is 8.54. The molecule has 0 atom stereocenters. The molecule has 1 aromatic carbocycles. The van der Waals surface area contributed by atoms with Crippen LogP contribution in [0.1, 0.15) is 26.3 Å². The number of benzene rings is 1. The minimum Gasteiger partial charge on any atom is -0.355 e. The summed E-state index contributed by atoms with van der Waals surface area (Å²) in [5, 5.41) is 3.31. The third-order valence-corrected chi connectivity index (χ3v) is 3.29. The third-order valence-electron chi connectivity index (χ3n) is 3.29. The molecular weight excluding hydrogens is 248 g/mol. The lowest BCUT2D eigenvalue weighted by molar-refractivity contribution is 0.533. The first-order valence-electron chi connectivity index (χ1n) is 6.76. The zero-order chi connectivity index (χ0) is 14.8. The molecule has 0 saturated heterocycles. The Bertz CT molecular complexity index is 587. The van der Waals surface area contributed by atoms with Gasteiger partial charge in [0.15, 0.2) is 0 Å². The maximum absolute atomic E-state index is 4.34. The van der Waals surface area contributed by atoms with Crippen LogP contribution < -0.4 is 10.2 Å². The highest BCUT2D eigenvalue weighted by Crippen LogP contribution is 2.22. The van der Waals surface area contributed by atoms with Crippen molar-refractivity contribution < 1.29 is 0 Å². The fourth-order valence-corrected chi connectivity index (χ4v) is 1.81. The van der Waals surface area contributed by atoms with E-state index in [9.17, 15) is 0 Å². The van der Waals surface area contributed by atoms with Crippen molar-refractivity contribution in [1.29, 1.82) is 0 Å². The van der Waals surface area contributed by atoms with E-state index in [-0.39, 0.29) is 5.54 Å². The second-order valence-electron chi connectivity index (χ2n) is 5.99. The van der Waals surface area contributed by atoms with Crippen LogP contribution in [0.5, 0.6) is 0 Å². The van der Waals surface area contributed by atoms with Crippen LogP contribution in [0.15, 0.2) is 36.7 Å². The standard InChI is InChI=1S/C16H22N4/c1-12-7-6-8-13(9-12)19-14-10-15(18-11-17-14)20(5)16(2,3)4/h6-11H,1-5H3,(H,17,18,19). The largest absolute Gasteiger partial charge is 0.355 e. The normalized spacial score (nSPS) is 11.2. The molecule has 106 valence electrons. The van der Waals surface area contributed by atoms with Gasteiger partial charge in [-0.2, -0.15) is 0 Å². The average Bonchev–Trinajstić information content (AvgIpc) is 2.37. The minimum atomic E-state index is 0.0228. The second kappa shape index (κ2) is 5.49. The molecule has 2 aromatic rings. The van der Waals surface area contributed by atoms with Gasteiger partial charge in [-0.3, -0.25) is 0 Å². The molecule has 1 aromatic heterocycles. The van der Waals surface area contributed by atoms with Gasteiger partial charge in [-0.05, 0) is 45.4 Å². The topological polar surface area (TPSA) is 41.0 Å². The molecule has 0 saturated carbocycles. The van der Waals surface area contributed by atoms with Gasteiger partial charge in [0.2, 0.25) is 0 Å². The van der Waals surface area contributed by atoms with Crippen molar-refractivity contribution in [2.45, 2.75) is 33.2 Å². The van der Waals surface area contributed by atoms with Gasteiger partial charge < -0.3 is 10.2 Å². The highest BCUT2D eigenvalue weighted by molar-refractivity contribution is 5.60. The van der Waals surface area contributed by atoms with Gasteiger partial charge in [0, 0.05) is 24.3 Å². The molecule has 1 N–H and O–H groups in total. The molecule has 1 heterocycles. The Hall–Kier alpha value is -2.10. The van der Waals surface area contributed by atoms with E-state index < -0.39 is 0 Å². The molecule has 0 spiro atoms. The van der Waals surface area contributed by atoms with Gasteiger partial charge in [0.1, 0.15) is 18.0 Å². The summed E-state index contributed by atoms with van der Waals surface area (Å²) < 4.78 is 0. The van der Waals surface area contributed by atoms with Crippen LogP contribution >= 0.6 is 0 Å². The lowest BCUT2D eigenvalue weighted by Crippen LogP contribution is -2.38. The molecule has 20 heavy (non-hydrogen) atoms. The van der Waals surface area contributed by atoms with Crippen LogP contribution in [0, 0.1) is 6.92 Å². The van der Waals surface area contributed by atoms with Crippen molar-refractivity contribution in [3.8, 4) is 0 Å². The number of anilines is 3. The Morgan fingerprint density at radius 2 is 1.85 bits per heavy atom. The van der Waals surface area contributed by atoms with Gasteiger partial charge >= 0.3 is 0 Å². The van der Waals surface area contributed by atoms with Crippen molar-refractivity contribution >= 4 is 17.3 Å². The molecule has 0 amide bonds. The highest BCUT2D eigenvalue weighted by Gasteiger charge is 2.18. The molecule has 0 aliphatic rings. The lowest BCUT2D eigenvalue weighted by atomic mass is 10.1. The van der Waals surface area contributed by atoms with Crippen LogP contribution in [0.3, 0.4) is 0 Å². The van der Waals surface area contributed by atoms with Crippen molar-refractivity contribution in [2.24, 2.45) is 0 Å². The summed E-state index contributed by atoms with van der Waals surface area (Å²) in [6, 6.07) is 10.2. The molecule has 4 nitrogen and oxygen atoms in total. The van der Waals surface area contributed by atoms with E-state index in [1.807, 2.05) is 25.2 Å². The van der Waals surface area contributed by atoms with E-state index in [2.05, 4.69) is 60.0 Å². The number of rotatable bonds is 3. The predicted octanol–water partition coefficient (Wildman–Crippen LogP) is 3.76. The summed E-state index contributed by atoms with van der Waals surface area (Å²) in [5.41, 5.74) is 2.28. The molecule has 0 aliphatic heterocycles. The molecular formula is C16H22N4. The number of aromatic nitrogens is 2. The summed E-state index contributed by atoms with van der Waals surface area (Å²) in [5.74, 6) is 1.71. The van der Waals surface area contributed by atoms with Crippen LogP contribution in [-0.4, -0.2) is 22.6 Å².